The summed E-state index contributed by atoms with van der Waals surface area (Å²) in [5.74, 6) is -3.37. The fraction of sp³-hybridized carbons (Fsp3) is 0.722. The van der Waals surface area contributed by atoms with Crippen molar-refractivity contribution in [2.45, 2.75) is 59.2 Å². The van der Waals surface area contributed by atoms with Gasteiger partial charge >= 0.3 is 12.1 Å². The molecule has 0 aliphatic heterocycles. The summed E-state index contributed by atoms with van der Waals surface area (Å²) in [4.78, 5) is 59.8. The summed E-state index contributed by atoms with van der Waals surface area (Å²) in [6.45, 7) is 8.54. The molecule has 160 valence electrons. The van der Waals surface area contributed by atoms with Crippen molar-refractivity contribution in [1.82, 2.24) is 16.0 Å². The van der Waals surface area contributed by atoms with Crippen molar-refractivity contribution in [1.29, 1.82) is 0 Å². The average molecular weight is 401 g/mol. The Morgan fingerprint density at radius 1 is 0.786 bits per heavy atom. The first-order valence-corrected chi connectivity index (χ1v) is 9.01. The van der Waals surface area contributed by atoms with Crippen molar-refractivity contribution in [3.63, 3.8) is 0 Å². The van der Waals surface area contributed by atoms with E-state index < -0.39 is 47.8 Å². The number of rotatable bonds is 10. The van der Waals surface area contributed by atoms with Crippen LogP contribution < -0.4 is 16.0 Å². The number of hydrogen-bond donors (Lipinski definition) is 3. The third-order valence-electron chi connectivity index (χ3n) is 3.89. The minimum atomic E-state index is -1.06. The third kappa shape index (κ3) is 8.36. The van der Waals surface area contributed by atoms with E-state index in [1.165, 1.54) is 14.0 Å². The number of amides is 3. The molecule has 0 heterocycles. The zero-order valence-electron chi connectivity index (χ0n) is 17.5. The van der Waals surface area contributed by atoms with Gasteiger partial charge in [-0.05, 0) is 25.2 Å². The first-order valence-electron chi connectivity index (χ1n) is 9.01. The number of nitrogens with one attached hydrogen (secondary N) is 3. The molecule has 3 unspecified atom stereocenters. The van der Waals surface area contributed by atoms with Crippen molar-refractivity contribution in [3.8, 4) is 0 Å². The van der Waals surface area contributed by atoms with Crippen molar-refractivity contribution in [3.05, 3.63) is 0 Å². The van der Waals surface area contributed by atoms with E-state index in [0.29, 0.717) is 0 Å². The molecule has 3 amide bonds. The summed E-state index contributed by atoms with van der Waals surface area (Å²) in [5, 5.41) is 7.35. The van der Waals surface area contributed by atoms with Gasteiger partial charge in [0.15, 0.2) is 0 Å². The maximum Gasteiger partial charge on any atom is 0.407 e. The summed E-state index contributed by atoms with van der Waals surface area (Å²) in [5.41, 5.74) is 0. The highest BCUT2D eigenvalue weighted by atomic mass is 16.5. The molecule has 0 aromatic carbocycles. The lowest BCUT2D eigenvalue weighted by atomic mass is 9.99. The van der Waals surface area contributed by atoms with E-state index in [9.17, 15) is 24.0 Å². The molecule has 0 aliphatic rings. The van der Waals surface area contributed by atoms with Gasteiger partial charge in [-0.3, -0.25) is 14.4 Å². The van der Waals surface area contributed by atoms with E-state index in [-0.39, 0.29) is 18.3 Å². The summed E-state index contributed by atoms with van der Waals surface area (Å²) in [6.07, 6.45) is -0.537. The molecule has 28 heavy (non-hydrogen) atoms. The zero-order valence-corrected chi connectivity index (χ0v) is 17.5. The summed E-state index contributed by atoms with van der Waals surface area (Å²) in [6, 6.07) is -2.98. The monoisotopic (exact) mass is 401 g/mol. The Labute approximate surface area is 165 Å². The number of ketones is 1. The molecule has 0 fully saturated rings. The second kappa shape index (κ2) is 11.9. The van der Waals surface area contributed by atoms with Gasteiger partial charge in [0.25, 0.3) is 5.78 Å². The van der Waals surface area contributed by atoms with Crippen LogP contribution in [0.3, 0.4) is 0 Å². The molecule has 0 saturated heterocycles. The Morgan fingerprint density at radius 2 is 1.36 bits per heavy atom. The standard InChI is InChI=1S/C18H31N3O7/c1-9(2)8-12(14(22)17(25)27-6)20-15(23)11(5)19-16(24)13(10(3)4)21-18(26)28-7/h9-13H,8H2,1-7H3,(H,19,24)(H,20,23)(H,21,26). The number of ether oxygens (including phenoxy) is 2. The minimum Gasteiger partial charge on any atom is -0.463 e. The van der Waals surface area contributed by atoms with Crippen molar-refractivity contribution >= 4 is 29.7 Å². The first kappa shape index (κ1) is 25.4. The lowest BCUT2D eigenvalue weighted by Gasteiger charge is -2.24. The predicted molar refractivity (Wildman–Crippen MR) is 100 cm³/mol. The molecule has 0 aliphatic carbocycles. The van der Waals surface area contributed by atoms with E-state index >= 15 is 0 Å². The Hall–Kier alpha value is -2.65. The van der Waals surface area contributed by atoms with Gasteiger partial charge in [0.05, 0.1) is 20.3 Å². The maximum absolute atomic E-state index is 12.4. The molecule has 0 spiro atoms. The highest BCUT2D eigenvalue weighted by Crippen LogP contribution is 2.08. The number of carbonyl (C=O) groups excluding carboxylic acids is 5. The van der Waals surface area contributed by atoms with Crippen molar-refractivity contribution < 1.29 is 33.4 Å². The lowest BCUT2D eigenvalue weighted by molar-refractivity contribution is -0.153. The van der Waals surface area contributed by atoms with Crippen LogP contribution in [0.4, 0.5) is 4.79 Å². The van der Waals surface area contributed by atoms with Crippen LogP contribution in [0.1, 0.15) is 41.0 Å². The van der Waals surface area contributed by atoms with Gasteiger partial charge in [0.2, 0.25) is 11.8 Å². The maximum atomic E-state index is 12.4. The molecule has 0 rings (SSSR count). The van der Waals surface area contributed by atoms with E-state index in [2.05, 4.69) is 25.4 Å². The van der Waals surface area contributed by atoms with Gasteiger partial charge < -0.3 is 25.4 Å². The molecule has 0 aromatic rings. The summed E-state index contributed by atoms with van der Waals surface area (Å²) in [7, 11) is 2.26. The van der Waals surface area contributed by atoms with Crippen molar-refractivity contribution in [2.75, 3.05) is 14.2 Å². The number of Topliss-reactive ketones (excluding diaryl/α,β-unsaturated/α-hetero) is 1. The van der Waals surface area contributed by atoms with E-state index in [1.54, 1.807) is 13.8 Å². The van der Waals surface area contributed by atoms with Gasteiger partial charge in [-0.1, -0.05) is 27.7 Å². The molecular formula is C18H31N3O7. The van der Waals surface area contributed by atoms with Crippen LogP contribution in [-0.4, -0.2) is 62.0 Å². The van der Waals surface area contributed by atoms with E-state index in [4.69, 9.17) is 0 Å². The van der Waals surface area contributed by atoms with E-state index in [1.807, 2.05) is 13.8 Å². The fourth-order valence-corrected chi connectivity index (χ4v) is 2.33. The highest BCUT2D eigenvalue weighted by Gasteiger charge is 2.31. The van der Waals surface area contributed by atoms with Crippen LogP contribution >= 0.6 is 0 Å². The van der Waals surface area contributed by atoms with E-state index in [0.717, 1.165) is 7.11 Å². The first-order chi connectivity index (χ1) is 12.9. The normalized spacial score (nSPS) is 13.9. The largest absolute Gasteiger partial charge is 0.463 e. The Balaban J connectivity index is 5.09. The number of alkyl carbamates (subject to hydrolysis) is 1. The van der Waals surface area contributed by atoms with Crippen LogP contribution in [0.2, 0.25) is 0 Å². The predicted octanol–water partition coefficient (Wildman–Crippen LogP) is 0.145. The highest BCUT2D eigenvalue weighted by molar-refractivity contribution is 6.36. The van der Waals surface area contributed by atoms with Gasteiger partial charge in [0.1, 0.15) is 12.1 Å². The molecule has 3 N–H and O–H groups in total. The van der Waals surface area contributed by atoms with Crippen molar-refractivity contribution in [2.24, 2.45) is 11.8 Å². The molecule has 3 atom stereocenters. The van der Waals surface area contributed by atoms with Crippen LogP contribution in [0.5, 0.6) is 0 Å². The quantitative estimate of drug-likeness (QED) is 0.349. The Morgan fingerprint density at radius 3 is 1.79 bits per heavy atom. The average Bonchev–Trinajstić information content (AvgIpc) is 2.62. The number of carbonyl (C=O) groups is 5. The molecule has 0 bridgehead atoms. The smallest absolute Gasteiger partial charge is 0.407 e. The van der Waals surface area contributed by atoms with Gasteiger partial charge in [-0.25, -0.2) is 9.59 Å². The molecule has 0 radical (unpaired) electrons. The van der Waals surface area contributed by atoms with Crippen LogP contribution in [0, 0.1) is 11.8 Å². The number of hydrogen-bond acceptors (Lipinski definition) is 7. The van der Waals surface area contributed by atoms with Gasteiger partial charge in [-0.15, -0.1) is 0 Å². The summed E-state index contributed by atoms with van der Waals surface area (Å²) >= 11 is 0. The topological polar surface area (TPSA) is 140 Å². The van der Waals surface area contributed by atoms with Gasteiger partial charge in [0, 0.05) is 0 Å². The van der Waals surface area contributed by atoms with Gasteiger partial charge in [-0.2, -0.15) is 0 Å². The molecule has 0 aromatic heterocycles. The summed E-state index contributed by atoms with van der Waals surface area (Å²) < 4.78 is 8.92. The molecule has 10 nitrogen and oxygen atoms in total. The lowest BCUT2D eigenvalue weighted by Crippen LogP contribution is -2.56. The van der Waals surface area contributed by atoms with Crippen LogP contribution in [0.15, 0.2) is 0 Å². The second-order valence-corrected chi connectivity index (χ2v) is 7.13. The molecule has 0 saturated carbocycles. The second-order valence-electron chi connectivity index (χ2n) is 7.13. The SMILES string of the molecule is COC(=O)NC(C(=O)NC(C)C(=O)NC(CC(C)C)C(=O)C(=O)OC)C(C)C. The molecule has 10 heteroatoms. The van der Waals surface area contributed by atoms with Crippen LogP contribution in [0.25, 0.3) is 0 Å². The molecular weight excluding hydrogens is 370 g/mol. The van der Waals surface area contributed by atoms with Crippen LogP contribution in [-0.2, 0) is 28.7 Å². The third-order valence-corrected chi connectivity index (χ3v) is 3.89. The number of esters is 1. The minimum absolute atomic E-state index is 0.0263. The zero-order chi connectivity index (χ0) is 22.0. The number of methoxy groups -OCH3 is 2. The Kier molecular flexibility index (Phi) is 10.8. The fourth-order valence-electron chi connectivity index (χ4n) is 2.33. The Bertz CT molecular complexity index is 590.